The maximum Gasteiger partial charge on any atom is 0.129 e. The van der Waals surface area contributed by atoms with E-state index in [1.54, 1.807) is 13.0 Å². The van der Waals surface area contributed by atoms with Crippen LogP contribution in [0.1, 0.15) is 18.6 Å². The minimum absolute atomic E-state index is 0.328. The van der Waals surface area contributed by atoms with Crippen LogP contribution in [0.25, 0.3) is 0 Å². The van der Waals surface area contributed by atoms with Crippen molar-refractivity contribution >= 4 is 11.5 Å². The molecule has 0 aromatic carbocycles. The summed E-state index contributed by atoms with van der Waals surface area (Å²) in [7, 11) is 0. The van der Waals surface area contributed by atoms with Gasteiger partial charge in [-0.25, -0.2) is 4.98 Å². The Kier molecular flexibility index (Phi) is 1.96. The third-order valence-corrected chi connectivity index (χ3v) is 1.42. The summed E-state index contributed by atoms with van der Waals surface area (Å²) in [5.41, 5.74) is 12.0. The molecule has 0 aliphatic carbocycles. The fourth-order valence-corrected chi connectivity index (χ4v) is 0.844. The Labute approximate surface area is 64.9 Å². The summed E-state index contributed by atoms with van der Waals surface area (Å²) in [5.74, 6) is 0.328. The largest absolute Gasteiger partial charge is 0.397 e. The average molecular weight is 153 g/mol. The van der Waals surface area contributed by atoms with Gasteiger partial charge in [-0.2, -0.15) is 0 Å². The highest BCUT2D eigenvalue weighted by molar-refractivity contribution is 5.49. The number of anilines is 2. The number of hydrogen-bond acceptors (Lipinski definition) is 4. The number of hydrogen-bond donors (Lipinski definition) is 3. The van der Waals surface area contributed by atoms with E-state index in [-0.39, 0.29) is 0 Å². The topological polar surface area (TPSA) is 85.2 Å². The molecule has 1 rings (SSSR count). The van der Waals surface area contributed by atoms with Crippen molar-refractivity contribution in [3.63, 3.8) is 0 Å². The predicted octanol–water partition coefficient (Wildman–Crippen LogP) is 0.299. The van der Waals surface area contributed by atoms with Crippen molar-refractivity contribution in [1.29, 1.82) is 0 Å². The van der Waals surface area contributed by atoms with Crippen molar-refractivity contribution in [3.05, 3.63) is 17.8 Å². The highest BCUT2D eigenvalue weighted by Gasteiger charge is 2.05. The standard InChI is InChI=1S/C7H11N3O/c1-4(11)6-2-5(8)3-10-7(6)9/h2-4,11H,8H2,1H3,(H2,9,10). The zero-order valence-electron chi connectivity index (χ0n) is 6.28. The van der Waals surface area contributed by atoms with E-state index in [0.29, 0.717) is 17.1 Å². The first-order chi connectivity index (χ1) is 5.11. The van der Waals surface area contributed by atoms with Gasteiger partial charge in [0, 0.05) is 5.56 Å². The van der Waals surface area contributed by atoms with Gasteiger partial charge in [-0.1, -0.05) is 0 Å². The third kappa shape index (κ3) is 1.59. The van der Waals surface area contributed by atoms with Gasteiger partial charge in [0.15, 0.2) is 0 Å². The fraction of sp³-hybridized carbons (Fsp3) is 0.286. The van der Waals surface area contributed by atoms with Gasteiger partial charge in [0.2, 0.25) is 0 Å². The molecule has 4 nitrogen and oxygen atoms in total. The Balaban J connectivity index is 3.13. The van der Waals surface area contributed by atoms with Crippen molar-refractivity contribution in [1.82, 2.24) is 4.98 Å². The SMILES string of the molecule is CC(O)c1cc(N)cnc1N. The van der Waals surface area contributed by atoms with Crippen LogP contribution in [0.5, 0.6) is 0 Å². The first-order valence-corrected chi connectivity index (χ1v) is 3.30. The van der Waals surface area contributed by atoms with Crippen molar-refractivity contribution in [2.45, 2.75) is 13.0 Å². The second-order valence-electron chi connectivity index (χ2n) is 2.42. The molecule has 0 aliphatic heterocycles. The molecule has 0 aliphatic rings. The number of nitrogens with two attached hydrogens (primary N) is 2. The maximum atomic E-state index is 9.15. The number of aliphatic hydroxyl groups excluding tert-OH is 1. The lowest BCUT2D eigenvalue weighted by Crippen LogP contribution is -2.02. The second kappa shape index (κ2) is 2.75. The summed E-state index contributed by atoms with van der Waals surface area (Å²) in [5, 5.41) is 9.15. The van der Waals surface area contributed by atoms with E-state index in [9.17, 15) is 0 Å². The van der Waals surface area contributed by atoms with Gasteiger partial charge in [0.05, 0.1) is 18.0 Å². The first kappa shape index (κ1) is 7.81. The van der Waals surface area contributed by atoms with Gasteiger partial charge in [-0.15, -0.1) is 0 Å². The van der Waals surface area contributed by atoms with E-state index in [0.717, 1.165) is 0 Å². The Hall–Kier alpha value is -1.29. The van der Waals surface area contributed by atoms with Crippen LogP contribution in [0.4, 0.5) is 11.5 Å². The molecule has 0 saturated carbocycles. The smallest absolute Gasteiger partial charge is 0.129 e. The number of nitrogen functional groups attached to an aromatic ring is 2. The molecule has 0 radical (unpaired) electrons. The molecule has 0 amide bonds. The van der Waals surface area contributed by atoms with Crippen LogP contribution in [0.15, 0.2) is 12.3 Å². The zero-order chi connectivity index (χ0) is 8.43. The summed E-state index contributed by atoms with van der Waals surface area (Å²) in [4.78, 5) is 3.79. The highest BCUT2D eigenvalue weighted by Crippen LogP contribution is 2.19. The molecule has 1 aromatic heterocycles. The minimum Gasteiger partial charge on any atom is -0.397 e. The Morgan fingerprint density at radius 2 is 2.18 bits per heavy atom. The molecule has 5 N–H and O–H groups in total. The normalized spacial score (nSPS) is 12.9. The van der Waals surface area contributed by atoms with Gasteiger partial charge >= 0.3 is 0 Å². The van der Waals surface area contributed by atoms with Crippen LogP contribution in [0.2, 0.25) is 0 Å². The molecular weight excluding hydrogens is 142 g/mol. The number of pyridine rings is 1. The lowest BCUT2D eigenvalue weighted by Gasteiger charge is -2.07. The Morgan fingerprint density at radius 1 is 1.55 bits per heavy atom. The predicted molar refractivity (Wildman–Crippen MR) is 43.7 cm³/mol. The number of rotatable bonds is 1. The molecule has 1 heterocycles. The van der Waals surface area contributed by atoms with Crippen molar-refractivity contribution in [2.24, 2.45) is 0 Å². The average Bonchev–Trinajstić information content (AvgIpc) is 1.94. The summed E-state index contributed by atoms with van der Waals surface area (Å²) in [6, 6.07) is 1.62. The number of aromatic nitrogens is 1. The monoisotopic (exact) mass is 153 g/mol. The number of aliphatic hydroxyl groups is 1. The fourth-order valence-electron chi connectivity index (χ4n) is 0.844. The molecule has 1 aromatic rings. The number of nitrogens with zero attached hydrogens (tertiary/aromatic N) is 1. The summed E-state index contributed by atoms with van der Waals surface area (Å²) in [6.07, 6.45) is 0.840. The van der Waals surface area contributed by atoms with E-state index >= 15 is 0 Å². The molecule has 0 spiro atoms. The van der Waals surface area contributed by atoms with E-state index < -0.39 is 6.10 Å². The van der Waals surface area contributed by atoms with Gasteiger partial charge in [0.25, 0.3) is 0 Å². The van der Waals surface area contributed by atoms with E-state index in [4.69, 9.17) is 16.6 Å². The molecule has 4 heteroatoms. The van der Waals surface area contributed by atoms with Crippen LogP contribution >= 0.6 is 0 Å². The lowest BCUT2D eigenvalue weighted by molar-refractivity contribution is 0.200. The van der Waals surface area contributed by atoms with Gasteiger partial charge < -0.3 is 16.6 Å². The highest BCUT2D eigenvalue weighted by atomic mass is 16.3. The second-order valence-corrected chi connectivity index (χ2v) is 2.42. The molecule has 11 heavy (non-hydrogen) atoms. The van der Waals surface area contributed by atoms with E-state index in [2.05, 4.69) is 4.98 Å². The molecule has 1 unspecified atom stereocenters. The third-order valence-electron chi connectivity index (χ3n) is 1.42. The van der Waals surface area contributed by atoms with E-state index in [1.165, 1.54) is 6.20 Å². The van der Waals surface area contributed by atoms with Crippen molar-refractivity contribution in [2.75, 3.05) is 11.5 Å². The zero-order valence-corrected chi connectivity index (χ0v) is 6.28. The summed E-state index contributed by atoms with van der Waals surface area (Å²) in [6.45, 7) is 1.62. The lowest BCUT2D eigenvalue weighted by atomic mass is 10.1. The van der Waals surface area contributed by atoms with Crippen LogP contribution in [0, 0.1) is 0 Å². The molecule has 0 saturated heterocycles. The van der Waals surface area contributed by atoms with Crippen LogP contribution in [-0.4, -0.2) is 10.1 Å². The van der Waals surface area contributed by atoms with Crippen molar-refractivity contribution < 1.29 is 5.11 Å². The first-order valence-electron chi connectivity index (χ1n) is 3.30. The van der Waals surface area contributed by atoms with Crippen molar-refractivity contribution in [3.8, 4) is 0 Å². The van der Waals surface area contributed by atoms with Crippen LogP contribution in [0.3, 0.4) is 0 Å². The molecular formula is C7H11N3O. The molecule has 60 valence electrons. The van der Waals surface area contributed by atoms with Gasteiger partial charge in [-0.05, 0) is 13.0 Å². The molecule has 1 atom stereocenters. The van der Waals surface area contributed by atoms with Crippen LogP contribution < -0.4 is 11.5 Å². The minimum atomic E-state index is -0.619. The summed E-state index contributed by atoms with van der Waals surface area (Å²) >= 11 is 0. The molecule has 0 fully saturated rings. The van der Waals surface area contributed by atoms with Gasteiger partial charge in [0.1, 0.15) is 5.82 Å². The van der Waals surface area contributed by atoms with Crippen LogP contribution in [-0.2, 0) is 0 Å². The Bertz CT molecular complexity index is 260. The van der Waals surface area contributed by atoms with E-state index in [1.807, 2.05) is 0 Å². The molecule has 0 bridgehead atoms. The maximum absolute atomic E-state index is 9.15. The van der Waals surface area contributed by atoms with Gasteiger partial charge in [-0.3, -0.25) is 0 Å². The quantitative estimate of drug-likeness (QED) is 0.541. The Morgan fingerprint density at radius 3 is 2.64 bits per heavy atom. The summed E-state index contributed by atoms with van der Waals surface area (Å²) < 4.78 is 0.